The molecule has 0 saturated heterocycles. The zero-order valence-electron chi connectivity index (χ0n) is 12.4. The van der Waals surface area contributed by atoms with Crippen LogP contribution in [0.1, 0.15) is 36.7 Å². The lowest BCUT2D eigenvalue weighted by Crippen LogP contribution is -2.41. The number of rotatable bonds is 6. The smallest absolute Gasteiger partial charge is 0.254 e. The fraction of sp³-hybridized carbons (Fsp3) is 0.533. The Bertz CT molecular complexity index is 463. The Hall–Kier alpha value is -1.07. The zero-order chi connectivity index (χ0) is 15.3. The molecule has 0 spiro atoms. The number of amides is 1. The maximum absolute atomic E-state index is 13.6. The first kappa shape index (κ1) is 17.0. The van der Waals surface area contributed by atoms with E-state index < -0.39 is 6.10 Å². The van der Waals surface area contributed by atoms with Gasteiger partial charge in [-0.1, -0.05) is 0 Å². The number of hydrogen-bond donors (Lipinski definition) is 1. The molecule has 0 saturated carbocycles. The van der Waals surface area contributed by atoms with Crippen molar-refractivity contribution < 1.29 is 14.3 Å². The summed E-state index contributed by atoms with van der Waals surface area (Å²) in [6.07, 6.45) is 1.30. The normalized spacial score (nSPS) is 12.6. The van der Waals surface area contributed by atoms with E-state index in [0.717, 1.165) is 0 Å². The molecule has 0 aromatic heterocycles. The number of thioether (sulfide) groups is 1. The third-order valence-electron chi connectivity index (χ3n) is 2.94. The molecule has 20 heavy (non-hydrogen) atoms. The van der Waals surface area contributed by atoms with Crippen LogP contribution >= 0.6 is 11.8 Å². The fourth-order valence-corrected chi connectivity index (χ4v) is 2.48. The van der Waals surface area contributed by atoms with Gasteiger partial charge in [0.15, 0.2) is 0 Å². The molecule has 112 valence electrons. The average molecular weight is 299 g/mol. The summed E-state index contributed by atoms with van der Waals surface area (Å²) in [5.41, 5.74) is 0.994. The highest BCUT2D eigenvalue weighted by atomic mass is 32.2. The zero-order valence-corrected chi connectivity index (χ0v) is 13.2. The quantitative estimate of drug-likeness (QED) is 0.878. The maximum Gasteiger partial charge on any atom is 0.254 e. The van der Waals surface area contributed by atoms with Crippen molar-refractivity contribution in [2.75, 3.05) is 12.8 Å². The summed E-state index contributed by atoms with van der Waals surface area (Å²) in [7, 11) is 0. The van der Waals surface area contributed by atoms with Crippen LogP contribution in [0, 0.1) is 5.82 Å². The van der Waals surface area contributed by atoms with Crippen molar-refractivity contribution in [1.29, 1.82) is 0 Å². The van der Waals surface area contributed by atoms with E-state index in [2.05, 4.69) is 0 Å². The third-order valence-corrected chi connectivity index (χ3v) is 3.54. The van der Waals surface area contributed by atoms with Gasteiger partial charge in [0, 0.05) is 23.9 Å². The summed E-state index contributed by atoms with van der Waals surface area (Å²) >= 11 is 1.51. The summed E-state index contributed by atoms with van der Waals surface area (Å²) in [4.78, 5) is 14.1. The minimum absolute atomic E-state index is 0.0221. The standard InChI is InChI=1S/C15H22FNO2S/c1-10(2)17(8-11(3)18)15(19)12-5-6-14(16)13(7-12)9-20-4/h5-7,10-11,18H,8-9H2,1-4H3. The highest BCUT2D eigenvalue weighted by molar-refractivity contribution is 7.97. The summed E-state index contributed by atoms with van der Waals surface area (Å²) in [6, 6.07) is 4.41. The molecule has 3 nitrogen and oxygen atoms in total. The van der Waals surface area contributed by atoms with Gasteiger partial charge in [-0.3, -0.25) is 4.79 Å². The minimum Gasteiger partial charge on any atom is -0.392 e. The second-order valence-corrected chi connectivity index (χ2v) is 6.01. The molecule has 1 atom stereocenters. The molecule has 0 fully saturated rings. The van der Waals surface area contributed by atoms with Crippen molar-refractivity contribution in [2.45, 2.75) is 38.7 Å². The van der Waals surface area contributed by atoms with Gasteiger partial charge in [0.05, 0.1) is 6.10 Å². The number of aliphatic hydroxyl groups is 1. The summed E-state index contributed by atoms with van der Waals surface area (Å²) in [5.74, 6) is 0.0659. The summed E-state index contributed by atoms with van der Waals surface area (Å²) in [5, 5.41) is 9.49. The van der Waals surface area contributed by atoms with Gasteiger partial charge in [-0.25, -0.2) is 4.39 Å². The Morgan fingerprint density at radius 1 is 1.40 bits per heavy atom. The van der Waals surface area contributed by atoms with Crippen LogP contribution in [0.5, 0.6) is 0 Å². The molecule has 1 rings (SSSR count). The van der Waals surface area contributed by atoms with Crippen LogP contribution < -0.4 is 0 Å². The fourth-order valence-electron chi connectivity index (χ4n) is 1.95. The van der Waals surface area contributed by atoms with E-state index in [4.69, 9.17) is 0 Å². The van der Waals surface area contributed by atoms with Crippen LogP contribution in [0.4, 0.5) is 4.39 Å². The Balaban J connectivity index is 3.02. The molecule has 1 N–H and O–H groups in total. The number of nitrogens with zero attached hydrogens (tertiary/aromatic N) is 1. The molecule has 5 heteroatoms. The molecule has 0 aliphatic rings. The van der Waals surface area contributed by atoms with Crippen molar-refractivity contribution in [3.63, 3.8) is 0 Å². The Morgan fingerprint density at radius 2 is 2.05 bits per heavy atom. The number of carbonyl (C=O) groups is 1. The van der Waals surface area contributed by atoms with E-state index in [1.165, 1.54) is 23.9 Å². The average Bonchev–Trinajstić information content (AvgIpc) is 2.37. The number of halogens is 1. The van der Waals surface area contributed by atoms with Crippen molar-refractivity contribution in [3.8, 4) is 0 Å². The van der Waals surface area contributed by atoms with E-state index in [1.54, 1.807) is 17.9 Å². The van der Waals surface area contributed by atoms with E-state index >= 15 is 0 Å². The third kappa shape index (κ3) is 4.49. The molecule has 0 bridgehead atoms. The molecule has 1 aromatic carbocycles. The number of aliphatic hydroxyl groups excluding tert-OH is 1. The Kier molecular flexibility index (Phi) is 6.49. The van der Waals surface area contributed by atoms with E-state index in [1.807, 2.05) is 20.1 Å². The van der Waals surface area contributed by atoms with Gasteiger partial charge >= 0.3 is 0 Å². The van der Waals surface area contributed by atoms with Crippen molar-refractivity contribution in [1.82, 2.24) is 4.90 Å². The second-order valence-electron chi connectivity index (χ2n) is 5.14. The first-order chi connectivity index (χ1) is 9.36. The molecule has 1 aromatic rings. The van der Waals surface area contributed by atoms with Gasteiger partial charge in [-0.05, 0) is 50.8 Å². The van der Waals surface area contributed by atoms with Crippen LogP contribution in [0.25, 0.3) is 0 Å². The lowest BCUT2D eigenvalue weighted by Gasteiger charge is -2.28. The largest absolute Gasteiger partial charge is 0.392 e. The predicted molar refractivity (Wildman–Crippen MR) is 81.5 cm³/mol. The van der Waals surface area contributed by atoms with Crippen LogP contribution in [0.2, 0.25) is 0 Å². The van der Waals surface area contributed by atoms with Crippen molar-refractivity contribution in [2.24, 2.45) is 0 Å². The summed E-state index contributed by atoms with van der Waals surface area (Å²) in [6.45, 7) is 5.71. The first-order valence-electron chi connectivity index (χ1n) is 6.63. The Labute approximate surface area is 124 Å². The van der Waals surface area contributed by atoms with Crippen molar-refractivity contribution >= 4 is 17.7 Å². The van der Waals surface area contributed by atoms with Crippen LogP contribution in [0.3, 0.4) is 0 Å². The Morgan fingerprint density at radius 3 is 2.55 bits per heavy atom. The number of benzene rings is 1. The summed E-state index contributed by atoms with van der Waals surface area (Å²) < 4.78 is 13.6. The lowest BCUT2D eigenvalue weighted by atomic mass is 10.1. The molecule has 0 heterocycles. The minimum atomic E-state index is -0.590. The molecular weight excluding hydrogens is 277 g/mol. The van der Waals surface area contributed by atoms with Gasteiger partial charge in [0.1, 0.15) is 5.82 Å². The van der Waals surface area contributed by atoms with Crippen LogP contribution in [-0.2, 0) is 5.75 Å². The maximum atomic E-state index is 13.6. The SMILES string of the molecule is CSCc1cc(C(=O)N(CC(C)O)C(C)C)ccc1F. The lowest BCUT2D eigenvalue weighted by molar-refractivity contribution is 0.0578. The molecule has 1 amide bonds. The van der Waals surface area contributed by atoms with Gasteiger partial charge < -0.3 is 10.0 Å². The molecule has 1 unspecified atom stereocenters. The van der Waals surface area contributed by atoms with E-state index in [9.17, 15) is 14.3 Å². The van der Waals surface area contributed by atoms with E-state index in [-0.39, 0.29) is 24.3 Å². The van der Waals surface area contributed by atoms with Gasteiger partial charge in [0.2, 0.25) is 0 Å². The number of hydrogen-bond acceptors (Lipinski definition) is 3. The molecule has 0 aliphatic carbocycles. The van der Waals surface area contributed by atoms with Crippen molar-refractivity contribution in [3.05, 3.63) is 35.1 Å². The molecule has 0 aliphatic heterocycles. The van der Waals surface area contributed by atoms with Crippen LogP contribution in [0.15, 0.2) is 18.2 Å². The molecular formula is C15H22FNO2S. The van der Waals surface area contributed by atoms with Gasteiger partial charge in [-0.15, -0.1) is 0 Å². The predicted octanol–water partition coefficient (Wildman–Crippen LogP) is 2.92. The van der Waals surface area contributed by atoms with Gasteiger partial charge in [0.25, 0.3) is 5.91 Å². The second kappa shape index (κ2) is 7.64. The molecule has 0 radical (unpaired) electrons. The van der Waals surface area contributed by atoms with Crippen LogP contribution in [-0.4, -0.2) is 40.9 Å². The number of carbonyl (C=O) groups excluding carboxylic acids is 1. The van der Waals surface area contributed by atoms with Gasteiger partial charge in [-0.2, -0.15) is 11.8 Å². The highest BCUT2D eigenvalue weighted by Gasteiger charge is 2.21. The highest BCUT2D eigenvalue weighted by Crippen LogP contribution is 2.18. The topological polar surface area (TPSA) is 40.5 Å². The monoisotopic (exact) mass is 299 g/mol. The van der Waals surface area contributed by atoms with E-state index in [0.29, 0.717) is 16.9 Å². The first-order valence-corrected chi connectivity index (χ1v) is 8.02.